The van der Waals surface area contributed by atoms with E-state index in [9.17, 15) is 14.4 Å². The molecular weight excluding hydrogens is 366 g/mol. The fourth-order valence-electron chi connectivity index (χ4n) is 3.06. The summed E-state index contributed by atoms with van der Waals surface area (Å²) in [4.78, 5) is 37.5. The number of methoxy groups -OCH3 is 1. The number of aryl methyl sites for hydroxylation is 3. The van der Waals surface area contributed by atoms with E-state index in [2.05, 4.69) is 5.32 Å². The number of carbonyl (C=O) groups is 3. The zero-order chi connectivity index (χ0) is 19.6. The Morgan fingerprint density at radius 2 is 1.89 bits per heavy atom. The van der Waals surface area contributed by atoms with E-state index in [1.807, 2.05) is 19.9 Å². The molecule has 0 saturated carbocycles. The van der Waals surface area contributed by atoms with Gasteiger partial charge in [0.25, 0.3) is 5.91 Å². The topological polar surface area (TPSA) is 81.7 Å². The van der Waals surface area contributed by atoms with E-state index in [0.717, 1.165) is 40.8 Å². The van der Waals surface area contributed by atoms with Crippen LogP contribution in [0.25, 0.3) is 0 Å². The minimum atomic E-state index is -0.560. The van der Waals surface area contributed by atoms with Gasteiger partial charge in [0, 0.05) is 4.88 Å². The quantitative estimate of drug-likeness (QED) is 0.795. The molecule has 142 valence electrons. The highest BCUT2D eigenvalue weighted by molar-refractivity contribution is 7.17. The molecule has 0 radical (unpaired) electrons. The second-order valence-electron chi connectivity index (χ2n) is 6.48. The fraction of sp³-hybridized carbons (Fsp3) is 0.350. The summed E-state index contributed by atoms with van der Waals surface area (Å²) < 4.78 is 9.95. The molecule has 0 aliphatic heterocycles. The molecule has 1 N–H and O–H groups in total. The highest BCUT2D eigenvalue weighted by atomic mass is 32.1. The molecule has 1 heterocycles. The minimum absolute atomic E-state index is 0.399. The first kappa shape index (κ1) is 19.1. The number of thiophene rings is 1. The Balaban J connectivity index is 1.65. The van der Waals surface area contributed by atoms with Crippen molar-refractivity contribution in [2.24, 2.45) is 0 Å². The van der Waals surface area contributed by atoms with Gasteiger partial charge < -0.3 is 14.8 Å². The maximum atomic E-state index is 12.2. The first-order valence-corrected chi connectivity index (χ1v) is 9.49. The smallest absolute Gasteiger partial charge is 0.341 e. The highest BCUT2D eigenvalue weighted by Crippen LogP contribution is 2.39. The van der Waals surface area contributed by atoms with Crippen LogP contribution >= 0.6 is 11.3 Å². The summed E-state index contributed by atoms with van der Waals surface area (Å²) in [6, 6.07) is 5.23. The van der Waals surface area contributed by atoms with Crippen LogP contribution in [-0.2, 0) is 27.1 Å². The molecule has 2 aromatic rings. The number of anilines is 1. The maximum Gasteiger partial charge on any atom is 0.341 e. The van der Waals surface area contributed by atoms with Crippen molar-refractivity contribution < 1.29 is 23.9 Å². The number of ether oxygens (including phenoxy) is 2. The van der Waals surface area contributed by atoms with Crippen LogP contribution in [0.15, 0.2) is 18.2 Å². The monoisotopic (exact) mass is 387 g/mol. The lowest BCUT2D eigenvalue weighted by atomic mass is 10.1. The van der Waals surface area contributed by atoms with Gasteiger partial charge in [0.05, 0.1) is 18.2 Å². The predicted octanol–water partition coefficient (Wildman–Crippen LogP) is 3.44. The van der Waals surface area contributed by atoms with E-state index in [1.54, 1.807) is 12.1 Å². The molecule has 3 rings (SSSR count). The average molecular weight is 387 g/mol. The van der Waals surface area contributed by atoms with Crippen LogP contribution in [0.2, 0.25) is 0 Å². The van der Waals surface area contributed by atoms with Crippen LogP contribution < -0.4 is 5.32 Å². The number of carbonyl (C=O) groups excluding carboxylic acids is 3. The summed E-state index contributed by atoms with van der Waals surface area (Å²) >= 11 is 1.38. The van der Waals surface area contributed by atoms with Gasteiger partial charge in [0.1, 0.15) is 5.00 Å². The Morgan fingerprint density at radius 1 is 1.11 bits per heavy atom. The fourth-order valence-corrected chi connectivity index (χ4v) is 4.35. The largest absolute Gasteiger partial charge is 0.465 e. The molecule has 0 spiro atoms. The van der Waals surface area contributed by atoms with Crippen LogP contribution in [0.3, 0.4) is 0 Å². The van der Waals surface area contributed by atoms with Gasteiger partial charge in [-0.25, -0.2) is 9.59 Å². The molecule has 0 unspecified atom stereocenters. The lowest BCUT2D eigenvalue weighted by Gasteiger charge is -2.08. The Labute approximate surface area is 161 Å². The summed E-state index contributed by atoms with van der Waals surface area (Å²) in [6.07, 6.45) is 2.68. The van der Waals surface area contributed by atoms with E-state index in [1.165, 1.54) is 18.4 Å². The number of esters is 2. The summed E-state index contributed by atoms with van der Waals surface area (Å²) in [5.74, 6) is -1.51. The van der Waals surface area contributed by atoms with Gasteiger partial charge in [-0.05, 0) is 61.9 Å². The number of amides is 1. The summed E-state index contributed by atoms with van der Waals surface area (Å²) in [6.45, 7) is 3.44. The number of nitrogens with one attached hydrogen (secondary N) is 1. The number of rotatable bonds is 5. The number of benzene rings is 1. The summed E-state index contributed by atoms with van der Waals surface area (Å²) in [7, 11) is 1.32. The normalized spacial score (nSPS) is 12.4. The van der Waals surface area contributed by atoms with Crippen molar-refractivity contribution in [3.63, 3.8) is 0 Å². The van der Waals surface area contributed by atoms with Crippen molar-refractivity contribution in [3.05, 3.63) is 50.9 Å². The highest BCUT2D eigenvalue weighted by Gasteiger charge is 2.28. The Bertz CT molecular complexity index is 915. The average Bonchev–Trinajstić information content (AvgIpc) is 3.22. The van der Waals surface area contributed by atoms with Crippen molar-refractivity contribution in [3.8, 4) is 0 Å². The van der Waals surface area contributed by atoms with E-state index in [0.29, 0.717) is 16.1 Å². The first-order valence-electron chi connectivity index (χ1n) is 8.67. The Hall–Kier alpha value is -2.67. The molecule has 0 saturated heterocycles. The molecule has 1 aromatic heterocycles. The second-order valence-corrected chi connectivity index (χ2v) is 7.58. The van der Waals surface area contributed by atoms with Gasteiger partial charge in [-0.2, -0.15) is 0 Å². The SMILES string of the molecule is COC(=O)c1c(NC(=O)COC(=O)c2ccc(C)c(C)c2)sc2c1CCC2. The lowest BCUT2D eigenvalue weighted by Crippen LogP contribution is -2.21. The van der Waals surface area contributed by atoms with Crippen LogP contribution in [0.1, 0.15) is 48.7 Å². The number of hydrogen-bond acceptors (Lipinski definition) is 6. The zero-order valence-corrected chi connectivity index (χ0v) is 16.3. The van der Waals surface area contributed by atoms with Crippen LogP contribution in [0.4, 0.5) is 5.00 Å². The first-order chi connectivity index (χ1) is 12.9. The van der Waals surface area contributed by atoms with Crippen molar-refractivity contribution in [1.82, 2.24) is 0 Å². The van der Waals surface area contributed by atoms with E-state index < -0.39 is 24.5 Å². The van der Waals surface area contributed by atoms with E-state index in [-0.39, 0.29) is 0 Å². The van der Waals surface area contributed by atoms with Crippen LogP contribution in [0.5, 0.6) is 0 Å². The Kier molecular flexibility index (Phi) is 5.60. The third-order valence-corrected chi connectivity index (χ3v) is 5.85. The van der Waals surface area contributed by atoms with Gasteiger partial charge in [-0.1, -0.05) is 6.07 Å². The van der Waals surface area contributed by atoms with Gasteiger partial charge in [-0.3, -0.25) is 4.79 Å². The number of fused-ring (bicyclic) bond motifs is 1. The molecule has 27 heavy (non-hydrogen) atoms. The zero-order valence-electron chi connectivity index (χ0n) is 15.5. The van der Waals surface area contributed by atoms with Crippen molar-refractivity contribution >= 4 is 34.2 Å². The summed E-state index contributed by atoms with van der Waals surface area (Å²) in [5, 5.41) is 3.14. The van der Waals surface area contributed by atoms with Crippen LogP contribution in [-0.4, -0.2) is 31.6 Å². The molecule has 0 atom stereocenters. The van der Waals surface area contributed by atoms with Crippen molar-refractivity contribution in [2.75, 3.05) is 19.0 Å². The third kappa shape index (κ3) is 4.03. The van der Waals surface area contributed by atoms with Crippen molar-refractivity contribution in [2.45, 2.75) is 33.1 Å². The molecule has 1 aliphatic rings. The second kappa shape index (κ2) is 7.92. The van der Waals surface area contributed by atoms with Gasteiger partial charge in [-0.15, -0.1) is 11.3 Å². The molecule has 0 fully saturated rings. The standard InChI is InChI=1S/C20H21NO5S/c1-11-7-8-13(9-12(11)2)19(23)26-10-16(22)21-18-17(20(24)25-3)14-5-4-6-15(14)27-18/h7-9H,4-6,10H2,1-3H3,(H,21,22). The third-order valence-electron chi connectivity index (χ3n) is 4.64. The van der Waals surface area contributed by atoms with E-state index >= 15 is 0 Å². The molecule has 1 amide bonds. The van der Waals surface area contributed by atoms with Crippen molar-refractivity contribution in [1.29, 1.82) is 0 Å². The Morgan fingerprint density at radius 3 is 2.59 bits per heavy atom. The van der Waals surface area contributed by atoms with E-state index in [4.69, 9.17) is 9.47 Å². The molecule has 6 nitrogen and oxygen atoms in total. The van der Waals surface area contributed by atoms with Crippen LogP contribution in [0, 0.1) is 13.8 Å². The lowest BCUT2D eigenvalue weighted by molar-refractivity contribution is -0.119. The molecule has 7 heteroatoms. The molecular formula is C20H21NO5S. The molecule has 1 aromatic carbocycles. The predicted molar refractivity (Wildman–Crippen MR) is 103 cm³/mol. The number of hydrogen-bond donors (Lipinski definition) is 1. The minimum Gasteiger partial charge on any atom is -0.465 e. The van der Waals surface area contributed by atoms with Gasteiger partial charge in [0.15, 0.2) is 6.61 Å². The summed E-state index contributed by atoms with van der Waals surface area (Å²) in [5.41, 5.74) is 3.82. The van der Waals surface area contributed by atoms with Gasteiger partial charge >= 0.3 is 11.9 Å². The molecule has 0 bridgehead atoms. The maximum absolute atomic E-state index is 12.2. The van der Waals surface area contributed by atoms with Gasteiger partial charge in [0.2, 0.25) is 0 Å². The molecule has 1 aliphatic carbocycles.